The lowest BCUT2D eigenvalue weighted by atomic mass is 9.93. The second-order valence-electron chi connectivity index (χ2n) is 5.20. The van der Waals surface area contributed by atoms with Crippen molar-refractivity contribution in [3.8, 4) is 5.75 Å². The molecule has 4 heteroatoms. The summed E-state index contributed by atoms with van der Waals surface area (Å²) in [5, 5.41) is 0. The Balaban J connectivity index is 2.37. The van der Waals surface area contributed by atoms with Gasteiger partial charge >= 0.3 is 6.16 Å². The van der Waals surface area contributed by atoms with E-state index in [0.29, 0.717) is 17.9 Å². The summed E-state index contributed by atoms with van der Waals surface area (Å²) in [7, 11) is 0. The topological polar surface area (TPSA) is 52.6 Å². The molecule has 0 aliphatic carbocycles. The van der Waals surface area contributed by atoms with E-state index in [0.717, 1.165) is 12.7 Å². The highest BCUT2D eigenvalue weighted by Gasteiger charge is 2.12. The zero-order chi connectivity index (χ0) is 13.6. The van der Waals surface area contributed by atoms with Crippen molar-refractivity contribution in [3.05, 3.63) is 29.8 Å². The second kappa shape index (κ2) is 6.19. The Morgan fingerprint density at radius 1 is 1.22 bits per heavy atom. The van der Waals surface area contributed by atoms with Gasteiger partial charge in [-0.15, -0.1) is 0 Å². The zero-order valence-electron chi connectivity index (χ0n) is 10.9. The Hall–Kier alpha value is -1.84. The van der Waals surface area contributed by atoms with Crippen molar-refractivity contribution >= 4 is 12.4 Å². The molecule has 1 aromatic rings. The van der Waals surface area contributed by atoms with Gasteiger partial charge in [-0.25, -0.2) is 4.79 Å². The van der Waals surface area contributed by atoms with Gasteiger partial charge in [0.05, 0.1) is 6.61 Å². The number of hydrogen-bond donors (Lipinski definition) is 0. The average molecular weight is 250 g/mol. The first-order valence-corrected chi connectivity index (χ1v) is 5.80. The number of hydrogen-bond acceptors (Lipinski definition) is 4. The monoisotopic (exact) mass is 250 g/mol. The molecule has 0 aliphatic rings. The van der Waals surface area contributed by atoms with E-state index < -0.39 is 6.16 Å². The molecule has 98 valence electrons. The molecule has 0 spiro atoms. The summed E-state index contributed by atoms with van der Waals surface area (Å²) in [5.41, 5.74) is 0.648. The van der Waals surface area contributed by atoms with Gasteiger partial charge in [0.1, 0.15) is 12.0 Å². The Bertz CT molecular complexity index is 401. The number of aldehydes is 1. The molecule has 0 unspecified atom stereocenters. The molecule has 0 saturated heterocycles. The fourth-order valence-electron chi connectivity index (χ4n) is 1.18. The van der Waals surface area contributed by atoms with Gasteiger partial charge < -0.3 is 9.47 Å². The predicted octanol–water partition coefficient (Wildman–Crippen LogP) is 3.45. The summed E-state index contributed by atoms with van der Waals surface area (Å²) in [4.78, 5) is 21.8. The van der Waals surface area contributed by atoms with Crippen LogP contribution >= 0.6 is 0 Å². The number of carbonyl (C=O) groups is 2. The highest BCUT2D eigenvalue weighted by Crippen LogP contribution is 2.18. The van der Waals surface area contributed by atoms with Crippen LogP contribution < -0.4 is 4.74 Å². The molecule has 18 heavy (non-hydrogen) atoms. The van der Waals surface area contributed by atoms with Gasteiger partial charge in [-0.2, -0.15) is 0 Å². The van der Waals surface area contributed by atoms with Crippen molar-refractivity contribution in [1.82, 2.24) is 0 Å². The molecule has 0 bridgehead atoms. The average Bonchev–Trinajstić information content (AvgIpc) is 2.28. The Kier molecular flexibility index (Phi) is 4.89. The summed E-state index contributed by atoms with van der Waals surface area (Å²) in [6.45, 7) is 6.54. The Morgan fingerprint density at radius 2 is 1.83 bits per heavy atom. The lowest BCUT2D eigenvalue weighted by Crippen LogP contribution is -2.15. The maximum Gasteiger partial charge on any atom is 0.513 e. The van der Waals surface area contributed by atoms with Crippen LogP contribution in [-0.2, 0) is 4.74 Å². The van der Waals surface area contributed by atoms with Gasteiger partial charge in [0, 0.05) is 5.56 Å². The molecule has 1 aromatic carbocycles. The lowest BCUT2D eigenvalue weighted by molar-refractivity contribution is 0.0887. The summed E-state index contributed by atoms with van der Waals surface area (Å²) < 4.78 is 9.90. The second-order valence-corrected chi connectivity index (χ2v) is 5.20. The maximum atomic E-state index is 11.3. The molecular weight excluding hydrogens is 232 g/mol. The first-order valence-electron chi connectivity index (χ1n) is 5.80. The van der Waals surface area contributed by atoms with Crippen molar-refractivity contribution < 1.29 is 19.1 Å². The number of rotatable bonds is 4. The molecule has 0 amide bonds. The Labute approximate surface area is 107 Å². The van der Waals surface area contributed by atoms with Gasteiger partial charge in [0.2, 0.25) is 0 Å². The third-order valence-electron chi connectivity index (χ3n) is 2.29. The third kappa shape index (κ3) is 5.48. The zero-order valence-corrected chi connectivity index (χ0v) is 10.9. The van der Waals surface area contributed by atoms with E-state index in [2.05, 4.69) is 20.8 Å². The van der Waals surface area contributed by atoms with Gasteiger partial charge in [-0.3, -0.25) is 4.79 Å². The van der Waals surface area contributed by atoms with Crippen molar-refractivity contribution in [2.24, 2.45) is 5.41 Å². The molecule has 0 aliphatic heterocycles. The van der Waals surface area contributed by atoms with Gasteiger partial charge in [0.25, 0.3) is 0 Å². The Morgan fingerprint density at radius 3 is 2.33 bits per heavy atom. The van der Waals surface area contributed by atoms with Gasteiger partial charge in [0.15, 0.2) is 0 Å². The molecule has 0 atom stereocenters. The summed E-state index contributed by atoms with van der Waals surface area (Å²) >= 11 is 0. The number of ether oxygens (including phenoxy) is 2. The highest BCUT2D eigenvalue weighted by molar-refractivity contribution is 5.75. The minimum atomic E-state index is -0.724. The van der Waals surface area contributed by atoms with Crippen molar-refractivity contribution in [2.75, 3.05) is 6.61 Å². The molecule has 0 heterocycles. The van der Waals surface area contributed by atoms with E-state index in [4.69, 9.17) is 9.47 Å². The highest BCUT2D eigenvalue weighted by atomic mass is 16.7. The van der Waals surface area contributed by atoms with Crippen molar-refractivity contribution in [2.45, 2.75) is 27.2 Å². The standard InChI is InChI=1S/C14H18O4/c1-14(2,3)8-9-17-13(16)18-12-6-4-11(10-15)5-7-12/h4-7,10H,8-9H2,1-3H3. The van der Waals surface area contributed by atoms with Gasteiger partial charge in [-0.05, 0) is 36.1 Å². The van der Waals surface area contributed by atoms with Crippen molar-refractivity contribution in [1.29, 1.82) is 0 Å². The lowest BCUT2D eigenvalue weighted by Gasteiger charge is -2.17. The molecular formula is C14H18O4. The van der Waals surface area contributed by atoms with Crippen LogP contribution in [0.25, 0.3) is 0 Å². The smallest absolute Gasteiger partial charge is 0.434 e. The summed E-state index contributed by atoms with van der Waals surface area (Å²) in [6.07, 6.45) is 0.774. The first-order chi connectivity index (χ1) is 8.40. The number of benzene rings is 1. The van der Waals surface area contributed by atoms with Crippen LogP contribution in [0.15, 0.2) is 24.3 Å². The molecule has 0 radical (unpaired) electrons. The van der Waals surface area contributed by atoms with Gasteiger partial charge in [-0.1, -0.05) is 20.8 Å². The van der Waals surface area contributed by atoms with Crippen molar-refractivity contribution in [3.63, 3.8) is 0 Å². The molecule has 0 N–H and O–H groups in total. The normalized spacial score (nSPS) is 10.8. The van der Waals surface area contributed by atoms with E-state index in [-0.39, 0.29) is 5.41 Å². The predicted molar refractivity (Wildman–Crippen MR) is 67.9 cm³/mol. The fraction of sp³-hybridized carbons (Fsp3) is 0.429. The van der Waals surface area contributed by atoms with Crippen LogP contribution in [-0.4, -0.2) is 19.0 Å². The first kappa shape index (κ1) is 14.2. The van der Waals surface area contributed by atoms with Crippen LogP contribution in [0, 0.1) is 5.41 Å². The largest absolute Gasteiger partial charge is 0.513 e. The van der Waals surface area contributed by atoms with Crippen LogP contribution in [0.1, 0.15) is 37.6 Å². The quantitative estimate of drug-likeness (QED) is 0.466. The maximum absolute atomic E-state index is 11.3. The minimum Gasteiger partial charge on any atom is -0.434 e. The van der Waals surface area contributed by atoms with Crippen LogP contribution in [0.4, 0.5) is 4.79 Å². The van der Waals surface area contributed by atoms with E-state index in [1.165, 1.54) is 0 Å². The van der Waals surface area contributed by atoms with E-state index in [1.807, 2.05) is 0 Å². The van der Waals surface area contributed by atoms with Crippen LogP contribution in [0.3, 0.4) is 0 Å². The van der Waals surface area contributed by atoms with E-state index in [9.17, 15) is 9.59 Å². The minimum absolute atomic E-state index is 0.117. The molecule has 0 fully saturated rings. The summed E-state index contributed by atoms with van der Waals surface area (Å²) in [5.74, 6) is 0.362. The van der Waals surface area contributed by atoms with Crippen LogP contribution in [0.5, 0.6) is 5.75 Å². The molecule has 4 nitrogen and oxygen atoms in total. The number of carbonyl (C=O) groups excluding carboxylic acids is 2. The molecule has 0 saturated carbocycles. The van der Waals surface area contributed by atoms with E-state index >= 15 is 0 Å². The SMILES string of the molecule is CC(C)(C)CCOC(=O)Oc1ccc(C=O)cc1. The molecule has 1 rings (SSSR count). The van der Waals surface area contributed by atoms with Crippen LogP contribution in [0.2, 0.25) is 0 Å². The third-order valence-corrected chi connectivity index (χ3v) is 2.29. The van der Waals surface area contributed by atoms with E-state index in [1.54, 1.807) is 24.3 Å². The summed E-state index contributed by atoms with van der Waals surface area (Å²) in [6, 6.07) is 6.25. The molecule has 0 aromatic heterocycles. The fourth-order valence-corrected chi connectivity index (χ4v) is 1.18.